The van der Waals surface area contributed by atoms with Crippen LogP contribution in [0.25, 0.3) is 0 Å². The number of pyridine rings is 1. The summed E-state index contributed by atoms with van der Waals surface area (Å²) in [7, 11) is 0. The Hall–Kier alpha value is -2.07. The smallest absolute Gasteiger partial charge is 0.169 e. The van der Waals surface area contributed by atoms with Gasteiger partial charge in [0.1, 0.15) is 0 Å². The van der Waals surface area contributed by atoms with Crippen LogP contribution in [0.1, 0.15) is 25.8 Å². The molecule has 0 aliphatic carbocycles. The van der Waals surface area contributed by atoms with E-state index in [4.69, 9.17) is 10.5 Å². The first-order chi connectivity index (χ1) is 10.2. The normalized spacial score (nSPS) is 13.5. The summed E-state index contributed by atoms with van der Waals surface area (Å²) in [6, 6.07) is 13.9. The maximum atomic E-state index is 6.01. The molecule has 0 fully saturated rings. The lowest BCUT2D eigenvalue weighted by Gasteiger charge is -2.31. The Bertz CT molecular complexity index is 559. The highest BCUT2D eigenvalue weighted by Gasteiger charge is 2.26. The number of nitrogens with one attached hydrogen (secondary N) is 1. The predicted octanol–water partition coefficient (Wildman–Crippen LogP) is 3.16. The molecule has 0 aliphatic rings. The first-order valence-electron chi connectivity index (χ1n) is 7.31. The molecular weight excluding hydrogens is 262 g/mol. The number of nitrogens with two attached hydrogens (primary N) is 1. The Morgan fingerprint density at radius 3 is 2.62 bits per heavy atom. The van der Waals surface area contributed by atoms with E-state index < -0.39 is 0 Å². The van der Waals surface area contributed by atoms with Gasteiger partial charge in [-0.05, 0) is 31.0 Å². The first-order valence-corrected chi connectivity index (χ1v) is 7.31. The van der Waals surface area contributed by atoms with Gasteiger partial charge in [0.05, 0.1) is 12.1 Å². The Balaban J connectivity index is 2.26. The molecule has 21 heavy (non-hydrogen) atoms. The molecular formula is C17H23N3O. The average molecular weight is 285 g/mol. The SMILES string of the molecule is CCCOc1cccnc1NC(C)(CN)c1ccccc1. The van der Waals surface area contributed by atoms with Crippen LogP contribution >= 0.6 is 0 Å². The molecule has 112 valence electrons. The van der Waals surface area contributed by atoms with Crippen molar-refractivity contribution in [2.75, 3.05) is 18.5 Å². The molecule has 0 saturated carbocycles. The molecule has 2 aromatic rings. The summed E-state index contributed by atoms with van der Waals surface area (Å²) >= 11 is 0. The Morgan fingerprint density at radius 2 is 1.95 bits per heavy atom. The largest absolute Gasteiger partial charge is 0.490 e. The van der Waals surface area contributed by atoms with Crippen LogP contribution in [0.4, 0.5) is 5.82 Å². The monoisotopic (exact) mass is 285 g/mol. The van der Waals surface area contributed by atoms with Crippen molar-refractivity contribution in [2.24, 2.45) is 5.73 Å². The predicted molar refractivity (Wildman–Crippen MR) is 86.5 cm³/mol. The number of ether oxygens (including phenoxy) is 1. The van der Waals surface area contributed by atoms with E-state index in [9.17, 15) is 0 Å². The molecule has 3 N–H and O–H groups in total. The van der Waals surface area contributed by atoms with E-state index in [1.54, 1.807) is 6.20 Å². The number of anilines is 1. The molecule has 0 aliphatic heterocycles. The first kappa shape index (κ1) is 15.3. The highest BCUT2D eigenvalue weighted by molar-refractivity contribution is 5.52. The Labute approximate surface area is 126 Å². The number of rotatable bonds is 7. The fourth-order valence-corrected chi connectivity index (χ4v) is 2.12. The molecule has 0 bridgehead atoms. The summed E-state index contributed by atoms with van der Waals surface area (Å²) in [5, 5.41) is 3.44. The van der Waals surface area contributed by atoms with Crippen LogP contribution in [0.3, 0.4) is 0 Å². The van der Waals surface area contributed by atoms with E-state index in [0.29, 0.717) is 13.2 Å². The molecule has 0 saturated heterocycles. The zero-order chi connectivity index (χ0) is 15.1. The number of nitrogens with zero attached hydrogens (tertiary/aromatic N) is 1. The quantitative estimate of drug-likeness (QED) is 0.820. The van der Waals surface area contributed by atoms with Gasteiger partial charge < -0.3 is 15.8 Å². The molecule has 2 rings (SSSR count). The summed E-state index contributed by atoms with van der Waals surface area (Å²) in [6.45, 7) is 5.28. The fraction of sp³-hybridized carbons (Fsp3) is 0.353. The number of hydrogen-bond donors (Lipinski definition) is 2. The van der Waals surface area contributed by atoms with Crippen LogP contribution in [0, 0.1) is 0 Å². The highest BCUT2D eigenvalue weighted by atomic mass is 16.5. The molecule has 1 aromatic heterocycles. The van der Waals surface area contributed by atoms with Gasteiger partial charge in [0.2, 0.25) is 0 Å². The summed E-state index contributed by atoms with van der Waals surface area (Å²) in [5.74, 6) is 1.48. The number of benzene rings is 1. The minimum Gasteiger partial charge on any atom is -0.490 e. The second-order valence-corrected chi connectivity index (χ2v) is 5.23. The van der Waals surface area contributed by atoms with Gasteiger partial charge in [-0.2, -0.15) is 0 Å². The molecule has 1 heterocycles. The Kier molecular flexibility index (Phi) is 5.17. The second-order valence-electron chi connectivity index (χ2n) is 5.23. The van der Waals surface area contributed by atoms with Crippen molar-refractivity contribution in [3.8, 4) is 5.75 Å². The average Bonchev–Trinajstić information content (AvgIpc) is 2.55. The topological polar surface area (TPSA) is 60.2 Å². The molecule has 4 nitrogen and oxygen atoms in total. The van der Waals surface area contributed by atoms with Gasteiger partial charge in [-0.25, -0.2) is 4.98 Å². The van der Waals surface area contributed by atoms with Crippen molar-refractivity contribution >= 4 is 5.82 Å². The van der Waals surface area contributed by atoms with Crippen molar-refractivity contribution < 1.29 is 4.74 Å². The molecule has 0 radical (unpaired) electrons. The molecule has 4 heteroatoms. The minimum absolute atomic E-state index is 0.389. The lowest BCUT2D eigenvalue weighted by molar-refractivity contribution is 0.317. The zero-order valence-electron chi connectivity index (χ0n) is 12.7. The van der Waals surface area contributed by atoms with E-state index in [1.165, 1.54) is 0 Å². The van der Waals surface area contributed by atoms with Crippen molar-refractivity contribution in [1.29, 1.82) is 0 Å². The maximum Gasteiger partial charge on any atom is 0.169 e. The molecule has 0 amide bonds. The molecule has 1 atom stereocenters. The third-order valence-electron chi connectivity index (χ3n) is 3.45. The van der Waals surface area contributed by atoms with Gasteiger partial charge in [0.25, 0.3) is 0 Å². The third kappa shape index (κ3) is 3.73. The molecule has 1 aromatic carbocycles. The number of aromatic nitrogens is 1. The molecule has 1 unspecified atom stereocenters. The number of hydrogen-bond acceptors (Lipinski definition) is 4. The maximum absolute atomic E-state index is 6.01. The molecule has 0 spiro atoms. The van der Waals surface area contributed by atoms with E-state index in [1.807, 2.05) is 30.3 Å². The van der Waals surface area contributed by atoms with Gasteiger partial charge in [-0.15, -0.1) is 0 Å². The fourth-order valence-electron chi connectivity index (χ4n) is 2.12. The summed E-state index contributed by atoms with van der Waals surface area (Å²) in [5.41, 5.74) is 6.74. The van der Waals surface area contributed by atoms with Gasteiger partial charge in [0.15, 0.2) is 11.6 Å². The standard InChI is InChI=1S/C17H23N3O/c1-3-12-21-15-10-7-11-19-16(15)20-17(2,13-18)14-8-5-4-6-9-14/h4-11H,3,12-13,18H2,1-2H3,(H,19,20). The van der Waals surface area contributed by atoms with Gasteiger partial charge in [0, 0.05) is 12.7 Å². The zero-order valence-corrected chi connectivity index (χ0v) is 12.7. The van der Waals surface area contributed by atoms with Gasteiger partial charge in [-0.1, -0.05) is 37.3 Å². The van der Waals surface area contributed by atoms with E-state index in [-0.39, 0.29) is 5.54 Å². The summed E-state index contributed by atoms with van der Waals surface area (Å²) in [6.07, 6.45) is 2.71. The van der Waals surface area contributed by atoms with Crippen LogP contribution in [-0.4, -0.2) is 18.1 Å². The van der Waals surface area contributed by atoms with Crippen molar-refractivity contribution in [2.45, 2.75) is 25.8 Å². The van der Waals surface area contributed by atoms with E-state index in [0.717, 1.165) is 23.6 Å². The van der Waals surface area contributed by atoms with Crippen LogP contribution in [0.15, 0.2) is 48.7 Å². The lowest BCUT2D eigenvalue weighted by atomic mass is 9.92. The summed E-state index contributed by atoms with van der Waals surface area (Å²) in [4.78, 5) is 4.40. The second kappa shape index (κ2) is 7.09. The van der Waals surface area contributed by atoms with Crippen LogP contribution in [-0.2, 0) is 5.54 Å². The van der Waals surface area contributed by atoms with Crippen molar-refractivity contribution in [1.82, 2.24) is 4.98 Å². The lowest BCUT2D eigenvalue weighted by Crippen LogP contribution is -2.40. The van der Waals surface area contributed by atoms with E-state index in [2.05, 4.69) is 36.3 Å². The van der Waals surface area contributed by atoms with Crippen molar-refractivity contribution in [3.05, 3.63) is 54.2 Å². The highest BCUT2D eigenvalue weighted by Crippen LogP contribution is 2.29. The van der Waals surface area contributed by atoms with Crippen LogP contribution in [0.2, 0.25) is 0 Å². The minimum atomic E-state index is -0.389. The Morgan fingerprint density at radius 1 is 1.19 bits per heavy atom. The van der Waals surface area contributed by atoms with Gasteiger partial charge in [-0.3, -0.25) is 0 Å². The van der Waals surface area contributed by atoms with Gasteiger partial charge >= 0.3 is 0 Å². The van der Waals surface area contributed by atoms with Crippen LogP contribution in [0.5, 0.6) is 5.75 Å². The van der Waals surface area contributed by atoms with E-state index >= 15 is 0 Å². The summed E-state index contributed by atoms with van der Waals surface area (Å²) < 4.78 is 5.75. The van der Waals surface area contributed by atoms with Crippen LogP contribution < -0.4 is 15.8 Å². The van der Waals surface area contributed by atoms with Crippen molar-refractivity contribution in [3.63, 3.8) is 0 Å². The third-order valence-corrected chi connectivity index (χ3v) is 3.45.